The predicted molar refractivity (Wildman–Crippen MR) is 74.1 cm³/mol. The lowest BCUT2D eigenvalue weighted by atomic mass is 10.1. The van der Waals surface area contributed by atoms with E-state index in [0.717, 1.165) is 5.56 Å². The third-order valence-corrected chi connectivity index (χ3v) is 2.40. The van der Waals surface area contributed by atoms with Crippen LogP contribution in [0.2, 0.25) is 0 Å². The second kappa shape index (κ2) is 6.68. The van der Waals surface area contributed by atoms with E-state index in [9.17, 15) is 14.4 Å². The van der Waals surface area contributed by atoms with E-state index in [1.807, 2.05) is 0 Å². The van der Waals surface area contributed by atoms with Gasteiger partial charge in [-0.3, -0.25) is 9.59 Å². The minimum atomic E-state index is -0.183. The Morgan fingerprint density at radius 2 is 1.37 bits per heavy atom. The maximum Gasteiger partial charge on any atom is 0.221 e. The fourth-order valence-electron chi connectivity index (χ4n) is 1.71. The minimum Gasteiger partial charge on any atom is -0.326 e. The standard InChI is InChI=1S/C14H18N2O3/c1-9(17)4-5-12-6-13(15-10(2)18)8-14(7-12)16-11(3)19/h6-8H,4-5H2,1-3H3,(H,15,18)(H,16,19). The van der Waals surface area contributed by atoms with E-state index in [4.69, 9.17) is 0 Å². The van der Waals surface area contributed by atoms with Crippen LogP contribution in [0.25, 0.3) is 0 Å². The number of nitrogens with one attached hydrogen (secondary N) is 2. The topological polar surface area (TPSA) is 75.3 Å². The van der Waals surface area contributed by atoms with Gasteiger partial charge in [0.15, 0.2) is 0 Å². The Labute approximate surface area is 112 Å². The SMILES string of the molecule is CC(=O)CCc1cc(NC(C)=O)cc(NC(C)=O)c1. The van der Waals surface area contributed by atoms with E-state index in [1.54, 1.807) is 18.2 Å². The molecule has 0 unspecified atom stereocenters. The number of hydrogen-bond donors (Lipinski definition) is 2. The quantitative estimate of drug-likeness (QED) is 0.853. The highest BCUT2D eigenvalue weighted by Crippen LogP contribution is 2.20. The lowest BCUT2D eigenvalue weighted by molar-refractivity contribution is -0.117. The molecule has 1 aromatic rings. The Bertz CT molecular complexity index is 475. The molecular formula is C14H18N2O3. The van der Waals surface area contributed by atoms with Gasteiger partial charge in [-0.1, -0.05) is 0 Å². The van der Waals surface area contributed by atoms with Crippen LogP contribution in [-0.4, -0.2) is 17.6 Å². The third-order valence-electron chi connectivity index (χ3n) is 2.40. The van der Waals surface area contributed by atoms with Crippen LogP contribution in [0.5, 0.6) is 0 Å². The molecule has 2 amide bonds. The van der Waals surface area contributed by atoms with Crippen LogP contribution in [0.3, 0.4) is 0 Å². The first kappa shape index (κ1) is 14.9. The second-order valence-electron chi connectivity index (χ2n) is 4.48. The molecule has 1 aromatic carbocycles. The monoisotopic (exact) mass is 262 g/mol. The van der Waals surface area contributed by atoms with Crippen LogP contribution in [0.15, 0.2) is 18.2 Å². The van der Waals surface area contributed by atoms with Crippen molar-refractivity contribution in [3.8, 4) is 0 Å². The lowest BCUT2D eigenvalue weighted by Crippen LogP contribution is -2.09. The maximum atomic E-state index is 11.1. The fraction of sp³-hybridized carbons (Fsp3) is 0.357. The van der Waals surface area contributed by atoms with Crippen molar-refractivity contribution in [3.05, 3.63) is 23.8 Å². The number of rotatable bonds is 5. The normalized spacial score (nSPS) is 9.84. The smallest absolute Gasteiger partial charge is 0.221 e. The van der Waals surface area contributed by atoms with E-state index < -0.39 is 0 Å². The van der Waals surface area contributed by atoms with Crippen molar-refractivity contribution in [2.45, 2.75) is 33.6 Å². The second-order valence-corrected chi connectivity index (χ2v) is 4.48. The van der Waals surface area contributed by atoms with Crippen molar-refractivity contribution < 1.29 is 14.4 Å². The molecule has 0 aliphatic carbocycles. The highest BCUT2D eigenvalue weighted by Gasteiger charge is 2.05. The zero-order valence-corrected chi connectivity index (χ0v) is 11.4. The van der Waals surface area contributed by atoms with Gasteiger partial charge in [0.1, 0.15) is 5.78 Å². The first-order valence-corrected chi connectivity index (χ1v) is 6.05. The van der Waals surface area contributed by atoms with Gasteiger partial charge in [-0.25, -0.2) is 0 Å². The number of anilines is 2. The van der Waals surface area contributed by atoms with Crippen LogP contribution in [0.4, 0.5) is 11.4 Å². The average Bonchev–Trinajstić information content (AvgIpc) is 2.24. The van der Waals surface area contributed by atoms with Crippen LogP contribution in [0, 0.1) is 0 Å². The molecule has 0 radical (unpaired) electrons. The number of carbonyl (C=O) groups excluding carboxylic acids is 3. The Kier molecular flexibility index (Phi) is 5.23. The summed E-state index contributed by atoms with van der Waals surface area (Å²) in [5.41, 5.74) is 2.11. The van der Waals surface area contributed by atoms with Gasteiger partial charge >= 0.3 is 0 Å². The molecular weight excluding hydrogens is 244 g/mol. The number of amides is 2. The molecule has 0 atom stereocenters. The van der Waals surface area contributed by atoms with Crippen molar-refractivity contribution in [2.24, 2.45) is 0 Å². The first-order chi connectivity index (χ1) is 8.86. The zero-order chi connectivity index (χ0) is 14.4. The summed E-state index contributed by atoms with van der Waals surface area (Å²) in [5.74, 6) is -0.263. The average molecular weight is 262 g/mol. The Hall–Kier alpha value is -2.17. The van der Waals surface area contributed by atoms with Gasteiger partial charge in [0.05, 0.1) is 0 Å². The summed E-state index contributed by atoms with van der Waals surface area (Å²) >= 11 is 0. The molecule has 5 heteroatoms. The highest BCUT2D eigenvalue weighted by atomic mass is 16.2. The number of hydrogen-bond acceptors (Lipinski definition) is 3. The fourth-order valence-corrected chi connectivity index (χ4v) is 1.71. The van der Waals surface area contributed by atoms with Gasteiger partial charge in [-0.05, 0) is 37.1 Å². The van der Waals surface area contributed by atoms with Gasteiger partial charge in [-0.2, -0.15) is 0 Å². The molecule has 102 valence electrons. The van der Waals surface area contributed by atoms with Crippen LogP contribution >= 0.6 is 0 Å². The Balaban J connectivity index is 2.97. The molecule has 2 N–H and O–H groups in total. The largest absolute Gasteiger partial charge is 0.326 e. The first-order valence-electron chi connectivity index (χ1n) is 6.05. The van der Waals surface area contributed by atoms with Crippen LogP contribution in [0.1, 0.15) is 32.8 Å². The van der Waals surface area contributed by atoms with E-state index in [2.05, 4.69) is 10.6 Å². The minimum absolute atomic E-state index is 0.103. The van der Waals surface area contributed by atoms with E-state index >= 15 is 0 Å². The molecule has 0 heterocycles. The molecule has 0 spiro atoms. The van der Waals surface area contributed by atoms with Gasteiger partial charge < -0.3 is 15.4 Å². The van der Waals surface area contributed by atoms with Crippen LogP contribution < -0.4 is 10.6 Å². The van der Waals surface area contributed by atoms with Crippen molar-refractivity contribution in [1.29, 1.82) is 0 Å². The Morgan fingerprint density at radius 1 is 0.895 bits per heavy atom. The number of benzene rings is 1. The molecule has 0 saturated heterocycles. The molecule has 19 heavy (non-hydrogen) atoms. The maximum absolute atomic E-state index is 11.1. The Morgan fingerprint density at radius 3 is 1.74 bits per heavy atom. The summed E-state index contributed by atoms with van der Waals surface area (Å²) in [6, 6.07) is 5.28. The summed E-state index contributed by atoms with van der Waals surface area (Å²) in [4.78, 5) is 33.1. The number of carbonyl (C=O) groups is 3. The molecule has 0 aliphatic rings. The van der Waals surface area contributed by atoms with Crippen molar-refractivity contribution in [1.82, 2.24) is 0 Å². The van der Waals surface area contributed by atoms with Crippen LogP contribution in [-0.2, 0) is 20.8 Å². The molecule has 0 fully saturated rings. The summed E-state index contributed by atoms with van der Waals surface area (Å²) in [5, 5.41) is 5.34. The molecule has 0 saturated carbocycles. The zero-order valence-electron chi connectivity index (χ0n) is 11.4. The summed E-state index contributed by atoms with van der Waals surface area (Å²) in [7, 11) is 0. The number of aryl methyl sites for hydroxylation is 1. The van der Waals surface area contributed by atoms with E-state index in [-0.39, 0.29) is 17.6 Å². The summed E-state index contributed by atoms with van der Waals surface area (Å²) in [6.07, 6.45) is 1.01. The third kappa shape index (κ3) is 5.81. The summed E-state index contributed by atoms with van der Waals surface area (Å²) < 4.78 is 0. The number of Topliss-reactive ketones (excluding diaryl/α,β-unsaturated/α-hetero) is 1. The highest BCUT2D eigenvalue weighted by molar-refractivity contribution is 5.92. The van der Waals surface area contributed by atoms with E-state index in [1.165, 1.54) is 20.8 Å². The van der Waals surface area contributed by atoms with E-state index in [0.29, 0.717) is 24.2 Å². The lowest BCUT2D eigenvalue weighted by Gasteiger charge is -2.10. The van der Waals surface area contributed by atoms with Crippen molar-refractivity contribution in [3.63, 3.8) is 0 Å². The molecule has 0 bridgehead atoms. The van der Waals surface area contributed by atoms with Crippen molar-refractivity contribution >= 4 is 29.0 Å². The van der Waals surface area contributed by atoms with Crippen molar-refractivity contribution in [2.75, 3.05) is 10.6 Å². The number of ketones is 1. The van der Waals surface area contributed by atoms with Gasteiger partial charge in [0, 0.05) is 31.6 Å². The summed E-state index contributed by atoms with van der Waals surface area (Å²) in [6.45, 7) is 4.37. The van der Waals surface area contributed by atoms with Gasteiger partial charge in [0.2, 0.25) is 11.8 Å². The van der Waals surface area contributed by atoms with Gasteiger partial charge in [0.25, 0.3) is 0 Å². The molecule has 1 rings (SSSR count). The van der Waals surface area contributed by atoms with Gasteiger partial charge in [-0.15, -0.1) is 0 Å². The molecule has 0 aliphatic heterocycles. The molecule has 0 aromatic heterocycles. The predicted octanol–water partition coefficient (Wildman–Crippen LogP) is 2.12. The molecule has 5 nitrogen and oxygen atoms in total.